The minimum Gasteiger partial charge on any atom is -0.467 e. The molecule has 0 saturated carbocycles. The van der Waals surface area contributed by atoms with Gasteiger partial charge < -0.3 is 4.74 Å². The molecule has 6 nitrogen and oxygen atoms in total. The molecule has 2 unspecified atom stereocenters. The maximum atomic E-state index is 13.7. The summed E-state index contributed by atoms with van der Waals surface area (Å²) >= 11 is 5.97. The number of sulfone groups is 1. The maximum Gasteiger partial charge on any atom is 0.210 e. The van der Waals surface area contributed by atoms with E-state index in [1.54, 1.807) is 48.5 Å². The first kappa shape index (κ1) is 21.3. The molecule has 154 valence electrons. The highest BCUT2D eigenvalue weighted by Crippen LogP contribution is 2.38. The van der Waals surface area contributed by atoms with Crippen molar-refractivity contribution in [3.8, 4) is 5.75 Å². The van der Waals surface area contributed by atoms with Crippen molar-refractivity contribution in [1.82, 2.24) is 14.8 Å². The van der Waals surface area contributed by atoms with Crippen molar-refractivity contribution >= 4 is 21.4 Å². The van der Waals surface area contributed by atoms with Crippen LogP contribution in [0.15, 0.2) is 66.1 Å². The molecule has 0 aliphatic heterocycles. The maximum absolute atomic E-state index is 13.7. The summed E-state index contributed by atoms with van der Waals surface area (Å²) in [4.78, 5) is 4.23. The van der Waals surface area contributed by atoms with Crippen LogP contribution in [0.1, 0.15) is 32.6 Å². The fourth-order valence-corrected chi connectivity index (χ4v) is 5.53. The van der Waals surface area contributed by atoms with Gasteiger partial charge >= 0.3 is 0 Å². The second kappa shape index (κ2) is 8.16. The third-order valence-corrected chi connectivity index (χ3v) is 7.35. The highest BCUT2D eigenvalue weighted by atomic mass is 35.5. The van der Waals surface area contributed by atoms with E-state index in [2.05, 4.69) is 10.1 Å². The lowest BCUT2D eigenvalue weighted by atomic mass is 9.90. The Morgan fingerprint density at radius 2 is 1.66 bits per heavy atom. The Balaban J connectivity index is 2.11. The molecule has 0 N–H and O–H groups in total. The number of rotatable bonds is 6. The summed E-state index contributed by atoms with van der Waals surface area (Å²) in [5, 5.41) is 3.81. The van der Waals surface area contributed by atoms with Gasteiger partial charge in [-0.15, -0.1) is 0 Å². The molecular formula is C21H24ClN3O3S. The molecule has 3 rings (SSSR count). The lowest BCUT2D eigenvalue weighted by Crippen LogP contribution is -2.44. The molecule has 2 aromatic carbocycles. The zero-order chi connectivity index (χ0) is 21.2. The van der Waals surface area contributed by atoms with Crippen molar-refractivity contribution in [3.05, 3.63) is 71.8 Å². The first-order valence-corrected chi connectivity index (χ1v) is 11.1. The standard InChI is InChI=1S/C21H24ClN3O3S/c1-15-5-11-18(12-6-15)29(26,27)19(21(2,3)4)20(25-14-23-13-24-25)28-17-9-7-16(22)8-10-17/h5-14,19-20H,1-4H3. The Hall–Kier alpha value is -2.38. The molecule has 0 bridgehead atoms. The van der Waals surface area contributed by atoms with Gasteiger partial charge in [0.2, 0.25) is 6.23 Å². The normalized spacial score (nSPS) is 14.4. The number of aryl methyl sites for hydroxylation is 1. The van der Waals surface area contributed by atoms with E-state index in [0.29, 0.717) is 10.8 Å². The van der Waals surface area contributed by atoms with Gasteiger partial charge in [-0.1, -0.05) is 50.1 Å². The van der Waals surface area contributed by atoms with E-state index in [4.69, 9.17) is 16.3 Å². The van der Waals surface area contributed by atoms with Crippen molar-refractivity contribution in [1.29, 1.82) is 0 Å². The van der Waals surface area contributed by atoms with Gasteiger partial charge in [0.05, 0.1) is 4.90 Å². The largest absolute Gasteiger partial charge is 0.467 e. The van der Waals surface area contributed by atoms with Gasteiger partial charge in [0, 0.05) is 5.02 Å². The van der Waals surface area contributed by atoms with Crippen LogP contribution in [0.2, 0.25) is 5.02 Å². The van der Waals surface area contributed by atoms with Crippen LogP contribution in [0.4, 0.5) is 0 Å². The average Bonchev–Trinajstić information content (AvgIpc) is 3.16. The lowest BCUT2D eigenvalue weighted by Gasteiger charge is -2.36. The fraction of sp³-hybridized carbons (Fsp3) is 0.333. The number of hydrogen-bond donors (Lipinski definition) is 0. The highest BCUT2D eigenvalue weighted by molar-refractivity contribution is 7.92. The number of nitrogens with zero attached hydrogens (tertiary/aromatic N) is 3. The van der Waals surface area contributed by atoms with E-state index >= 15 is 0 Å². The Labute approximate surface area is 176 Å². The Morgan fingerprint density at radius 3 is 2.17 bits per heavy atom. The molecule has 0 fully saturated rings. The summed E-state index contributed by atoms with van der Waals surface area (Å²) in [6.07, 6.45) is 1.89. The number of hydrogen-bond acceptors (Lipinski definition) is 5. The monoisotopic (exact) mass is 433 g/mol. The van der Waals surface area contributed by atoms with Gasteiger partial charge in [0.25, 0.3) is 0 Å². The molecule has 2 atom stereocenters. The number of benzene rings is 2. The third-order valence-electron chi connectivity index (χ3n) is 4.56. The van der Waals surface area contributed by atoms with Gasteiger partial charge in [0.15, 0.2) is 9.84 Å². The second-order valence-electron chi connectivity index (χ2n) is 7.98. The van der Waals surface area contributed by atoms with Crippen molar-refractivity contribution < 1.29 is 13.2 Å². The molecule has 0 aliphatic carbocycles. The van der Waals surface area contributed by atoms with Crippen molar-refractivity contribution in [2.75, 3.05) is 0 Å². The minimum absolute atomic E-state index is 0.243. The third kappa shape index (κ3) is 4.79. The quantitative estimate of drug-likeness (QED) is 0.563. The number of ether oxygens (including phenoxy) is 1. The van der Waals surface area contributed by atoms with Crippen molar-refractivity contribution in [2.24, 2.45) is 5.41 Å². The Morgan fingerprint density at radius 1 is 1.03 bits per heavy atom. The SMILES string of the molecule is Cc1ccc(S(=O)(=O)C(C(Oc2ccc(Cl)cc2)n2cncn2)C(C)(C)C)cc1. The Bertz CT molecular complexity index is 1040. The van der Waals surface area contributed by atoms with Crippen LogP contribution in [0.3, 0.4) is 0 Å². The second-order valence-corrected chi connectivity index (χ2v) is 10.5. The van der Waals surface area contributed by atoms with Gasteiger partial charge in [-0.2, -0.15) is 5.10 Å². The van der Waals surface area contributed by atoms with Crippen LogP contribution in [0, 0.1) is 12.3 Å². The van der Waals surface area contributed by atoms with E-state index in [9.17, 15) is 8.42 Å². The lowest BCUT2D eigenvalue weighted by molar-refractivity contribution is 0.0760. The first-order valence-electron chi connectivity index (χ1n) is 9.16. The average molecular weight is 434 g/mol. The van der Waals surface area contributed by atoms with Crippen molar-refractivity contribution in [2.45, 2.75) is 44.1 Å². The minimum atomic E-state index is -3.77. The van der Waals surface area contributed by atoms with Crippen LogP contribution < -0.4 is 4.74 Å². The highest BCUT2D eigenvalue weighted by Gasteiger charge is 2.46. The van der Waals surface area contributed by atoms with Gasteiger partial charge in [0.1, 0.15) is 23.7 Å². The fourth-order valence-electron chi connectivity index (χ4n) is 3.18. The Kier molecular flexibility index (Phi) is 6.00. The number of aromatic nitrogens is 3. The van der Waals surface area contributed by atoms with Crippen LogP contribution in [0.5, 0.6) is 5.75 Å². The summed E-state index contributed by atoms with van der Waals surface area (Å²) in [7, 11) is -3.77. The predicted octanol–water partition coefficient (Wildman–Crippen LogP) is 4.71. The van der Waals surface area contributed by atoms with Gasteiger partial charge in [-0.25, -0.2) is 18.1 Å². The zero-order valence-electron chi connectivity index (χ0n) is 16.8. The van der Waals surface area contributed by atoms with Gasteiger partial charge in [-0.3, -0.25) is 0 Å². The summed E-state index contributed by atoms with van der Waals surface area (Å²) in [6.45, 7) is 7.54. The molecule has 0 amide bonds. The molecular weight excluding hydrogens is 410 g/mol. The summed E-state index contributed by atoms with van der Waals surface area (Å²) in [5.74, 6) is 0.489. The molecule has 1 heterocycles. The van der Waals surface area contributed by atoms with E-state index in [0.717, 1.165) is 5.56 Å². The summed E-state index contributed by atoms with van der Waals surface area (Å²) in [5.41, 5.74) is 0.328. The van der Waals surface area contributed by atoms with Crippen molar-refractivity contribution in [3.63, 3.8) is 0 Å². The van der Waals surface area contributed by atoms with E-state index in [-0.39, 0.29) is 4.90 Å². The molecule has 0 radical (unpaired) electrons. The van der Waals surface area contributed by atoms with Crippen LogP contribution >= 0.6 is 11.6 Å². The molecule has 0 saturated heterocycles. The van der Waals surface area contributed by atoms with Crippen LogP contribution in [-0.2, 0) is 9.84 Å². The molecule has 1 aromatic heterocycles. The molecule has 3 aromatic rings. The van der Waals surface area contributed by atoms with E-state index in [1.165, 1.54) is 17.3 Å². The van der Waals surface area contributed by atoms with Crippen LogP contribution in [-0.4, -0.2) is 28.4 Å². The first-order chi connectivity index (χ1) is 13.6. The molecule has 0 aliphatic rings. The molecule has 29 heavy (non-hydrogen) atoms. The van der Waals surface area contributed by atoms with Crippen LogP contribution in [0.25, 0.3) is 0 Å². The predicted molar refractivity (Wildman–Crippen MR) is 113 cm³/mol. The topological polar surface area (TPSA) is 74.1 Å². The van der Waals surface area contributed by atoms with E-state index < -0.39 is 26.7 Å². The molecule has 8 heteroatoms. The number of halogens is 1. The van der Waals surface area contributed by atoms with Gasteiger partial charge in [-0.05, 0) is 48.7 Å². The summed E-state index contributed by atoms with van der Waals surface area (Å²) in [6, 6.07) is 13.6. The zero-order valence-corrected chi connectivity index (χ0v) is 18.4. The molecule has 0 spiro atoms. The van der Waals surface area contributed by atoms with E-state index in [1.807, 2.05) is 27.7 Å². The smallest absolute Gasteiger partial charge is 0.210 e. The summed E-state index contributed by atoms with van der Waals surface area (Å²) < 4.78 is 35.0.